The number of ether oxygens (including phenoxy) is 1. The molecule has 0 aromatic heterocycles. The number of methoxy groups -OCH3 is 1. The number of hydrogen-bond donors (Lipinski definition) is 1. The van der Waals surface area contributed by atoms with Crippen molar-refractivity contribution in [3.8, 4) is 0 Å². The zero-order valence-corrected chi connectivity index (χ0v) is 14.0. The van der Waals surface area contributed by atoms with Gasteiger partial charge in [0, 0.05) is 25.9 Å². The van der Waals surface area contributed by atoms with Crippen molar-refractivity contribution in [2.24, 2.45) is 5.92 Å². The number of aryl methyl sites for hydroxylation is 1. The third-order valence-corrected chi connectivity index (χ3v) is 6.42. The number of benzene rings is 1. The first-order chi connectivity index (χ1) is 9.77. The predicted molar refractivity (Wildman–Crippen MR) is 83.9 cm³/mol. The van der Waals surface area contributed by atoms with Gasteiger partial charge in [-0.1, -0.05) is 18.5 Å². The highest BCUT2D eigenvalue weighted by molar-refractivity contribution is 7.89. The first kappa shape index (κ1) is 16.5. The number of nitrogen functional groups attached to an aromatic ring is 1. The number of hydrogen-bond acceptors (Lipinski definition) is 4. The van der Waals surface area contributed by atoms with Crippen LogP contribution in [0.1, 0.15) is 18.9 Å². The Morgan fingerprint density at radius 3 is 2.71 bits per heavy atom. The van der Waals surface area contributed by atoms with Crippen LogP contribution < -0.4 is 5.73 Å². The van der Waals surface area contributed by atoms with Crippen LogP contribution >= 0.6 is 11.6 Å². The molecule has 1 fully saturated rings. The average Bonchev–Trinajstić information content (AvgIpc) is 2.43. The summed E-state index contributed by atoms with van der Waals surface area (Å²) in [7, 11) is -2.05. The van der Waals surface area contributed by atoms with E-state index in [-0.39, 0.29) is 16.0 Å². The fourth-order valence-electron chi connectivity index (χ4n) is 2.54. The van der Waals surface area contributed by atoms with Crippen LogP contribution in [0.5, 0.6) is 0 Å². The molecule has 1 aromatic carbocycles. The van der Waals surface area contributed by atoms with E-state index >= 15 is 0 Å². The van der Waals surface area contributed by atoms with Crippen molar-refractivity contribution in [1.29, 1.82) is 0 Å². The summed E-state index contributed by atoms with van der Waals surface area (Å²) in [6.07, 6.45) is 0.659. The molecule has 1 heterocycles. The lowest BCUT2D eigenvalue weighted by Gasteiger charge is -2.35. The maximum Gasteiger partial charge on any atom is 0.244 e. The molecule has 118 valence electrons. The van der Waals surface area contributed by atoms with E-state index in [9.17, 15) is 8.42 Å². The zero-order valence-electron chi connectivity index (χ0n) is 12.5. The second-order valence-electron chi connectivity index (χ2n) is 5.54. The largest absolute Gasteiger partial charge is 0.398 e. The van der Waals surface area contributed by atoms with Gasteiger partial charge in [-0.25, -0.2) is 8.42 Å². The topological polar surface area (TPSA) is 72.6 Å². The molecule has 1 aliphatic rings. The zero-order chi connectivity index (χ0) is 15.8. The van der Waals surface area contributed by atoms with Crippen LogP contribution in [0.25, 0.3) is 0 Å². The first-order valence-corrected chi connectivity index (χ1v) is 8.67. The average molecular weight is 333 g/mol. The van der Waals surface area contributed by atoms with E-state index in [1.807, 2.05) is 0 Å². The van der Waals surface area contributed by atoms with E-state index in [1.165, 1.54) is 10.4 Å². The molecular formula is C14H21ClN2O3S. The third-order valence-electron chi connectivity index (χ3n) is 4.09. The minimum Gasteiger partial charge on any atom is -0.398 e. The summed E-state index contributed by atoms with van der Waals surface area (Å²) in [6.45, 7) is 4.66. The lowest BCUT2D eigenvalue weighted by Crippen LogP contribution is -2.46. The van der Waals surface area contributed by atoms with Gasteiger partial charge in [-0.3, -0.25) is 0 Å². The van der Waals surface area contributed by atoms with Gasteiger partial charge < -0.3 is 10.5 Å². The Kier molecular flexibility index (Phi) is 4.82. The summed E-state index contributed by atoms with van der Waals surface area (Å²) in [5.41, 5.74) is 7.01. The molecule has 2 unspecified atom stereocenters. The van der Waals surface area contributed by atoms with Crippen LogP contribution in [0.4, 0.5) is 5.69 Å². The summed E-state index contributed by atoms with van der Waals surface area (Å²) in [5.74, 6) is 0.333. The lowest BCUT2D eigenvalue weighted by atomic mass is 9.97. The summed E-state index contributed by atoms with van der Waals surface area (Å²) in [4.78, 5) is 0.0664. The Hall–Kier alpha value is -0.820. The molecule has 2 N–H and O–H groups in total. The van der Waals surface area contributed by atoms with Gasteiger partial charge in [0.15, 0.2) is 0 Å². The van der Waals surface area contributed by atoms with Crippen molar-refractivity contribution in [2.75, 3.05) is 25.9 Å². The van der Waals surface area contributed by atoms with Crippen LogP contribution in [0.2, 0.25) is 5.02 Å². The number of piperidine rings is 1. The van der Waals surface area contributed by atoms with E-state index in [0.717, 1.165) is 12.0 Å². The van der Waals surface area contributed by atoms with E-state index in [0.29, 0.717) is 24.7 Å². The molecule has 1 aromatic rings. The van der Waals surface area contributed by atoms with Crippen molar-refractivity contribution in [3.05, 3.63) is 22.7 Å². The molecule has 0 saturated carbocycles. The molecule has 0 amide bonds. The van der Waals surface area contributed by atoms with Crippen molar-refractivity contribution in [3.63, 3.8) is 0 Å². The second-order valence-corrected chi connectivity index (χ2v) is 7.86. The minimum atomic E-state index is -3.66. The van der Waals surface area contributed by atoms with E-state index in [4.69, 9.17) is 22.1 Å². The predicted octanol–water partition coefficient (Wildman–Crippen LogP) is 2.28. The Morgan fingerprint density at radius 1 is 1.43 bits per heavy atom. The van der Waals surface area contributed by atoms with Crippen LogP contribution in [0, 0.1) is 12.8 Å². The fraction of sp³-hybridized carbons (Fsp3) is 0.571. The molecule has 2 atom stereocenters. The van der Waals surface area contributed by atoms with E-state index < -0.39 is 10.0 Å². The van der Waals surface area contributed by atoms with Gasteiger partial charge in [0.05, 0.1) is 11.1 Å². The van der Waals surface area contributed by atoms with E-state index in [2.05, 4.69) is 6.92 Å². The van der Waals surface area contributed by atoms with Crippen LogP contribution in [0.15, 0.2) is 17.0 Å². The quantitative estimate of drug-likeness (QED) is 0.862. The van der Waals surface area contributed by atoms with Crippen molar-refractivity contribution in [2.45, 2.75) is 31.3 Å². The minimum absolute atomic E-state index is 0.0664. The van der Waals surface area contributed by atoms with Crippen LogP contribution in [-0.2, 0) is 14.8 Å². The molecule has 0 radical (unpaired) electrons. The molecule has 0 bridgehead atoms. The number of nitrogens with two attached hydrogens (primary N) is 1. The second kappa shape index (κ2) is 6.12. The Morgan fingerprint density at radius 2 is 2.10 bits per heavy atom. The van der Waals surface area contributed by atoms with Crippen LogP contribution in [0.3, 0.4) is 0 Å². The third kappa shape index (κ3) is 3.18. The fourth-order valence-corrected chi connectivity index (χ4v) is 4.60. The molecular weight excluding hydrogens is 312 g/mol. The Labute approximate surface area is 131 Å². The highest BCUT2D eigenvalue weighted by atomic mass is 35.5. The molecule has 21 heavy (non-hydrogen) atoms. The van der Waals surface area contributed by atoms with Crippen molar-refractivity contribution < 1.29 is 13.2 Å². The number of nitrogens with zero attached hydrogens (tertiary/aromatic N) is 1. The normalized spacial score (nSPS) is 24.2. The van der Waals surface area contributed by atoms with Crippen LogP contribution in [-0.4, -0.2) is 39.0 Å². The number of halogens is 1. The smallest absolute Gasteiger partial charge is 0.244 e. The van der Waals surface area contributed by atoms with Gasteiger partial charge in [0.25, 0.3) is 0 Å². The number of sulfonamides is 1. The van der Waals surface area contributed by atoms with E-state index in [1.54, 1.807) is 20.1 Å². The Balaban J connectivity index is 2.37. The van der Waals surface area contributed by atoms with Gasteiger partial charge >= 0.3 is 0 Å². The molecule has 0 aliphatic carbocycles. The summed E-state index contributed by atoms with van der Waals surface area (Å²) >= 11 is 6.11. The molecule has 5 nitrogen and oxygen atoms in total. The standard InChI is InChI=1S/C14H21ClN2O3S/c1-9-4-5-17(8-13(9)20-3)21(18,19)14-7-12(16)10(2)6-11(14)15/h6-7,9,13H,4-5,8,16H2,1-3H3. The van der Waals surface area contributed by atoms with Crippen molar-refractivity contribution >= 4 is 27.3 Å². The Bertz CT molecular complexity index is 633. The summed E-state index contributed by atoms with van der Waals surface area (Å²) < 4.78 is 32.3. The molecule has 1 aliphatic heterocycles. The number of anilines is 1. The molecule has 1 saturated heterocycles. The summed E-state index contributed by atoms with van der Waals surface area (Å²) in [6, 6.07) is 3.02. The number of rotatable bonds is 3. The molecule has 2 rings (SSSR count). The monoisotopic (exact) mass is 332 g/mol. The van der Waals surface area contributed by atoms with Gasteiger partial charge in [-0.2, -0.15) is 4.31 Å². The SMILES string of the molecule is COC1CN(S(=O)(=O)c2cc(N)c(C)cc2Cl)CCC1C. The summed E-state index contributed by atoms with van der Waals surface area (Å²) in [5, 5.41) is 0.203. The lowest BCUT2D eigenvalue weighted by molar-refractivity contribution is 0.0184. The van der Waals surface area contributed by atoms with Gasteiger partial charge in [-0.05, 0) is 37.0 Å². The van der Waals surface area contributed by atoms with Crippen molar-refractivity contribution in [1.82, 2.24) is 4.31 Å². The maximum absolute atomic E-state index is 12.8. The highest BCUT2D eigenvalue weighted by Crippen LogP contribution is 2.31. The maximum atomic E-state index is 12.8. The highest BCUT2D eigenvalue weighted by Gasteiger charge is 2.35. The van der Waals surface area contributed by atoms with Gasteiger partial charge in [-0.15, -0.1) is 0 Å². The molecule has 0 spiro atoms. The molecule has 7 heteroatoms. The van der Waals surface area contributed by atoms with Gasteiger partial charge in [0.1, 0.15) is 4.90 Å². The first-order valence-electron chi connectivity index (χ1n) is 6.86. The van der Waals surface area contributed by atoms with Gasteiger partial charge in [0.2, 0.25) is 10.0 Å².